The van der Waals surface area contributed by atoms with Crippen molar-refractivity contribution in [3.63, 3.8) is 0 Å². The van der Waals surface area contributed by atoms with E-state index in [0.29, 0.717) is 0 Å². The predicted octanol–water partition coefficient (Wildman–Crippen LogP) is 3.42. The van der Waals surface area contributed by atoms with Gasteiger partial charge < -0.3 is 10.2 Å². The second-order valence-electron chi connectivity index (χ2n) is 6.64. The first-order chi connectivity index (χ1) is 8.75. The monoisotopic (exact) mass is 252 g/mol. The average Bonchev–Trinajstić information content (AvgIpc) is 2.33. The Labute approximate surface area is 114 Å². The lowest BCUT2D eigenvalue weighted by Crippen LogP contribution is -2.45. The van der Waals surface area contributed by atoms with E-state index in [4.69, 9.17) is 0 Å². The molecule has 1 saturated heterocycles. The van der Waals surface area contributed by atoms with E-state index >= 15 is 0 Å². The minimum atomic E-state index is 0.725. The van der Waals surface area contributed by atoms with Gasteiger partial charge in [0.15, 0.2) is 0 Å². The molecule has 1 aliphatic heterocycles. The number of nitrogens with one attached hydrogen (secondary N) is 1. The van der Waals surface area contributed by atoms with E-state index in [1.54, 1.807) is 0 Å². The van der Waals surface area contributed by atoms with E-state index in [1.807, 2.05) is 0 Å². The van der Waals surface area contributed by atoms with E-state index in [1.165, 1.54) is 70.9 Å². The van der Waals surface area contributed by atoms with Gasteiger partial charge in [0.1, 0.15) is 0 Å². The van der Waals surface area contributed by atoms with E-state index in [2.05, 4.69) is 24.2 Å². The number of piperidine rings is 1. The van der Waals surface area contributed by atoms with Crippen molar-refractivity contribution in [3.8, 4) is 0 Å². The normalized spacial score (nSPS) is 27.7. The topological polar surface area (TPSA) is 15.3 Å². The molecule has 0 radical (unpaired) electrons. The summed E-state index contributed by atoms with van der Waals surface area (Å²) in [5.74, 6) is 0.909. The zero-order chi connectivity index (χ0) is 12.8. The molecule has 1 heterocycles. The van der Waals surface area contributed by atoms with Crippen LogP contribution in [0.25, 0.3) is 0 Å². The second kappa shape index (κ2) is 7.49. The van der Waals surface area contributed by atoms with Crippen molar-refractivity contribution in [2.45, 2.75) is 76.8 Å². The predicted molar refractivity (Wildman–Crippen MR) is 78.9 cm³/mol. The highest BCUT2D eigenvalue weighted by atomic mass is 15.1. The van der Waals surface area contributed by atoms with Gasteiger partial charge in [-0.05, 0) is 58.7 Å². The van der Waals surface area contributed by atoms with Crippen molar-refractivity contribution >= 4 is 0 Å². The number of nitrogens with zero attached hydrogens (tertiary/aromatic N) is 1. The van der Waals surface area contributed by atoms with Gasteiger partial charge in [-0.3, -0.25) is 0 Å². The van der Waals surface area contributed by atoms with Gasteiger partial charge in [0.2, 0.25) is 0 Å². The van der Waals surface area contributed by atoms with Gasteiger partial charge in [-0.1, -0.05) is 32.1 Å². The Hall–Kier alpha value is -0.0800. The van der Waals surface area contributed by atoms with Crippen molar-refractivity contribution in [1.82, 2.24) is 10.2 Å². The molecule has 2 rings (SSSR count). The standard InChI is InChI=1S/C16H32N2/c1-14(15-10-12-18(2)13-11-15)17-16-8-6-4-3-5-7-9-16/h14-17H,3-13H2,1-2H3. The Morgan fingerprint density at radius 3 is 2.06 bits per heavy atom. The molecular formula is C16H32N2. The summed E-state index contributed by atoms with van der Waals surface area (Å²) in [4.78, 5) is 2.47. The minimum Gasteiger partial charge on any atom is -0.311 e. The zero-order valence-electron chi connectivity index (χ0n) is 12.5. The molecular weight excluding hydrogens is 220 g/mol. The van der Waals surface area contributed by atoms with Crippen LogP contribution in [0.5, 0.6) is 0 Å². The van der Waals surface area contributed by atoms with Crippen LogP contribution in [0.15, 0.2) is 0 Å². The van der Waals surface area contributed by atoms with Gasteiger partial charge >= 0.3 is 0 Å². The maximum atomic E-state index is 3.95. The van der Waals surface area contributed by atoms with E-state index < -0.39 is 0 Å². The van der Waals surface area contributed by atoms with E-state index in [9.17, 15) is 0 Å². The molecule has 0 aromatic carbocycles. The summed E-state index contributed by atoms with van der Waals surface area (Å²) in [5.41, 5.74) is 0. The molecule has 2 nitrogen and oxygen atoms in total. The summed E-state index contributed by atoms with van der Waals surface area (Å²) in [6.45, 7) is 5.01. The lowest BCUT2D eigenvalue weighted by Gasteiger charge is -2.35. The molecule has 0 aromatic heterocycles. The SMILES string of the molecule is CC(NC1CCCCCCC1)C1CCN(C)CC1. The molecule has 1 unspecified atom stereocenters. The Kier molecular flexibility index (Phi) is 5.97. The Balaban J connectivity index is 1.73. The molecule has 2 fully saturated rings. The molecule has 1 aliphatic carbocycles. The summed E-state index contributed by atoms with van der Waals surface area (Å²) < 4.78 is 0. The molecule has 2 aliphatic rings. The van der Waals surface area contributed by atoms with Gasteiger partial charge in [0, 0.05) is 12.1 Å². The maximum absolute atomic E-state index is 3.95. The van der Waals surface area contributed by atoms with Crippen LogP contribution in [0.1, 0.15) is 64.7 Å². The summed E-state index contributed by atoms with van der Waals surface area (Å²) in [6, 6.07) is 1.53. The second-order valence-corrected chi connectivity index (χ2v) is 6.64. The Bertz CT molecular complexity index is 213. The van der Waals surface area contributed by atoms with Crippen LogP contribution in [0.4, 0.5) is 0 Å². The van der Waals surface area contributed by atoms with Gasteiger partial charge in [-0.25, -0.2) is 0 Å². The third-order valence-corrected chi connectivity index (χ3v) is 5.07. The Morgan fingerprint density at radius 2 is 1.44 bits per heavy atom. The van der Waals surface area contributed by atoms with Crippen LogP contribution in [-0.2, 0) is 0 Å². The molecule has 1 saturated carbocycles. The lowest BCUT2D eigenvalue weighted by atomic mass is 9.89. The lowest BCUT2D eigenvalue weighted by molar-refractivity contribution is 0.180. The highest BCUT2D eigenvalue weighted by Gasteiger charge is 2.24. The number of rotatable bonds is 3. The van der Waals surface area contributed by atoms with E-state index in [-0.39, 0.29) is 0 Å². The van der Waals surface area contributed by atoms with Crippen LogP contribution in [0, 0.1) is 5.92 Å². The average molecular weight is 252 g/mol. The van der Waals surface area contributed by atoms with E-state index in [0.717, 1.165) is 18.0 Å². The molecule has 18 heavy (non-hydrogen) atoms. The van der Waals surface area contributed by atoms with Gasteiger partial charge in [0.25, 0.3) is 0 Å². The highest BCUT2D eigenvalue weighted by Crippen LogP contribution is 2.22. The number of likely N-dealkylation sites (tertiary alicyclic amines) is 1. The summed E-state index contributed by atoms with van der Waals surface area (Å²) in [7, 11) is 2.25. The fourth-order valence-electron chi connectivity index (χ4n) is 3.66. The highest BCUT2D eigenvalue weighted by molar-refractivity contribution is 4.81. The van der Waals surface area contributed by atoms with Gasteiger partial charge in [-0.15, -0.1) is 0 Å². The van der Waals surface area contributed by atoms with Gasteiger partial charge in [0.05, 0.1) is 0 Å². The molecule has 106 valence electrons. The van der Waals surface area contributed by atoms with Crippen LogP contribution < -0.4 is 5.32 Å². The van der Waals surface area contributed by atoms with Crippen molar-refractivity contribution in [2.24, 2.45) is 5.92 Å². The fraction of sp³-hybridized carbons (Fsp3) is 1.00. The van der Waals surface area contributed by atoms with Crippen LogP contribution in [0.3, 0.4) is 0 Å². The van der Waals surface area contributed by atoms with Crippen molar-refractivity contribution < 1.29 is 0 Å². The van der Waals surface area contributed by atoms with Crippen molar-refractivity contribution in [3.05, 3.63) is 0 Å². The summed E-state index contributed by atoms with van der Waals surface area (Å²) in [5, 5.41) is 3.95. The maximum Gasteiger partial charge on any atom is 0.00705 e. The van der Waals surface area contributed by atoms with Crippen LogP contribution >= 0.6 is 0 Å². The molecule has 2 heteroatoms. The first kappa shape index (κ1) is 14.3. The molecule has 0 aromatic rings. The fourth-order valence-corrected chi connectivity index (χ4v) is 3.66. The molecule has 1 N–H and O–H groups in total. The zero-order valence-corrected chi connectivity index (χ0v) is 12.5. The first-order valence-corrected chi connectivity index (χ1v) is 8.20. The third-order valence-electron chi connectivity index (χ3n) is 5.07. The molecule has 0 bridgehead atoms. The van der Waals surface area contributed by atoms with Gasteiger partial charge in [-0.2, -0.15) is 0 Å². The Morgan fingerprint density at radius 1 is 0.889 bits per heavy atom. The number of hydrogen-bond acceptors (Lipinski definition) is 2. The summed E-state index contributed by atoms with van der Waals surface area (Å²) >= 11 is 0. The minimum absolute atomic E-state index is 0.725. The van der Waals surface area contributed by atoms with Crippen LogP contribution in [-0.4, -0.2) is 37.1 Å². The summed E-state index contributed by atoms with van der Waals surface area (Å²) in [6.07, 6.45) is 12.9. The van der Waals surface area contributed by atoms with Crippen molar-refractivity contribution in [2.75, 3.05) is 20.1 Å². The smallest absolute Gasteiger partial charge is 0.00705 e. The largest absolute Gasteiger partial charge is 0.311 e. The molecule has 1 atom stereocenters. The third kappa shape index (κ3) is 4.55. The van der Waals surface area contributed by atoms with Crippen molar-refractivity contribution in [1.29, 1.82) is 0 Å². The molecule has 0 amide bonds. The van der Waals surface area contributed by atoms with Crippen LogP contribution in [0.2, 0.25) is 0 Å². The quantitative estimate of drug-likeness (QED) is 0.828. The number of hydrogen-bond donors (Lipinski definition) is 1. The molecule has 0 spiro atoms. The first-order valence-electron chi connectivity index (χ1n) is 8.20.